The Labute approximate surface area is 90.8 Å². The van der Waals surface area contributed by atoms with E-state index >= 15 is 0 Å². The van der Waals surface area contributed by atoms with Gasteiger partial charge in [0.15, 0.2) is 0 Å². The third-order valence-electron chi connectivity index (χ3n) is 1.88. The SMILES string of the molecule is CCOC(=O)C(C)CNCC(O)COC. The van der Waals surface area contributed by atoms with Crippen LogP contribution in [0.1, 0.15) is 13.8 Å². The first-order valence-corrected chi connectivity index (χ1v) is 5.16. The molecule has 0 bridgehead atoms. The lowest BCUT2D eigenvalue weighted by Gasteiger charge is -2.14. The molecule has 2 unspecified atom stereocenters. The average molecular weight is 219 g/mol. The lowest BCUT2D eigenvalue weighted by molar-refractivity contribution is -0.147. The number of carbonyl (C=O) groups excluding carboxylic acids is 1. The van der Waals surface area contributed by atoms with Crippen LogP contribution in [0.15, 0.2) is 0 Å². The Morgan fingerprint density at radius 1 is 1.47 bits per heavy atom. The summed E-state index contributed by atoms with van der Waals surface area (Å²) in [6.07, 6.45) is -0.538. The zero-order chi connectivity index (χ0) is 11.7. The van der Waals surface area contributed by atoms with Gasteiger partial charge in [-0.1, -0.05) is 6.92 Å². The summed E-state index contributed by atoms with van der Waals surface area (Å²) < 4.78 is 9.61. The van der Waals surface area contributed by atoms with Gasteiger partial charge >= 0.3 is 5.97 Å². The van der Waals surface area contributed by atoms with Crippen molar-refractivity contribution in [1.82, 2.24) is 5.32 Å². The molecule has 2 N–H and O–H groups in total. The van der Waals surface area contributed by atoms with Crippen LogP contribution in [0.4, 0.5) is 0 Å². The summed E-state index contributed by atoms with van der Waals surface area (Å²) in [5.74, 6) is -0.411. The molecule has 0 amide bonds. The fraction of sp³-hybridized carbons (Fsp3) is 0.900. The van der Waals surface area contributed by atoms with Crippen LogP contribution in [-0.4, -0.2) is 50.6 Å². The second-order valence-electron chi connectivity index (χ2n) is 3.42. The molecule has 0 radical (unpaired) electrons. The second-order valence-corrected chi connectivity index (χ2v) is 3.42. The topological polar surface area (TPSA) is 67.8 Å². The van der Waals surface area contributed by atoms with Crippen LogP contribution in [-0.2, 0) is 14.3 Å². The standard InChI is InChI=1S/C10H21NO4/c1-4-15-10(13)8(2)5-11-6-9(12)7-14-3/h8-9,11-12H,4-7H2,1-3H3. The Morgan fingerprint density at radius 2 is 2.13 bits per heavy atom. The highest BCUT2D eigenvalue weighted by Crippen LogP contribution is 1.96. The summed E-state index contributed by atoms with van der Waals surface area (Å²) >= 11 is 0. The van der Waals surface area contributed by atoms with Gasteiger partial charge in [0.2, 0.25) is 0 Å². The van der Waals surface area contributed by atoms with Crippen molar-refractivity contribution in [2.75, 3.05) is 33.4 Å². The van der Waals surface area contributed by atoms with Gasteiger partial charge in [0, 0.05) is 20.2 Å². The number of esters is 1. The molecule has 0 saturated carbocycles. The monoisotopic (exact) mass is 219 g/mol. The molecular formula is C10H21NO4. The quantitative estimate of drug-likeness (QED) is 0.553. The number of hydrogen-bond acceptors (Lipinski definition) is 5. The summed E-state index contributed by atoms with van der Waals surface area (Å²) in [6, 6.07) is 0. The molecule has 90 valence electrons. The minimum absolute atomic E-state index is 0.195. The van der Waals surface area contributed by atoms with E-state index in [2.05, 4.69) is 5.32 Å². The van der Waals surface area contributed by atoms with Crippen LogP contribution < -0.4 is 5.32 Å². The molecule has 5 heteroatoms. The molecule has 0 aliphatic carbocycles. The van der Waals surface area contributed by atoms with Gasteiger partial charge < -0.3 is 19.9 Å². The Hall–Kier alpha value is -0.650. The van der Waals surface area contributed by atoms with Crippen LogP contribution >= 0.6 is 0 Å². The minimum Gasteiger partial charge on any atom is -0.466 e. The second kappa shape index (κ2) is 8.64. The number of carbonyl (C=O) groups is 1. The van der Waals surface area contributed by atoms with Crippen LogP contribution in [0.2, 0.25) is 0 Å². The predicted molar refractivity (Wildman–Crippen MR) is 56.5 cm³/mol. The highest BCUT2D eigenvalue weighted by molar-refractivity contribution is 5.72. The van der Waals surface area contributed by atoms with Crippen molar-refractivity contribution in [3.8, 4) is 0 Å². The smallest absolute Gasteiger partial charge is 0.309 e. The maximum absolute atomic E-state index is 11.2. The lowest BCUT2D eigenvalue weighted by Crippen LogP contribution is -2.35. The zero-order valence-corrected chi connectivity index (χ0v) is 9.66. The van der Waals surface area contributed by atoms with Crippen LogP contribution in [0.5, 0.6) is 0 Å². The molecule has 0 aliphatic rings. The van der Waals surface area contributed by atoms with Crippen molar-refractivity contribution in [3.63, 3.8) is 0 Å². The van der Waals surface area contributed by atoms with Gasteiger partial charge in [-0.25, -0.2) is 0 Å². The molecule has 15 heavy (non-hydrogen) atoms. The summed E-state index contributed by atoms with van der Waals surface area (Å²) in [5.41, 5.74) is 0. The zero-order valence-electron chi connectivity index (χ0n) is 9.66. The van der Waals surface area contributed by atoms with E-state index < -0.39 is 6.10 Å². The summed E-state index contributed by atoms with van der Waals surface area (Å²) in [7, 11) is 1.53. The summed E-state index contributed by atoms with van der Waals surface area (Å²) in [5, 5.41) is 12.3. The van der Waals surface area contributed by atoms with Crippen molar-refractivity contribution < 1.29 is 19.4 Å². The maximum atomic E-state index is 11.2. The molecule has 0 aromatic heterocycles. The average Bonchev–Trinajstić information content (AvgIpc) is 2.18. The Balaban J connectivity index is 3.53. The molecule has 0 spiro atoms. The van der Waals surface area contributed by atoms with E-state index in [0.717, 1.165) is 0 Å². The molecule has 0 aromatic carbocycles. The van der Waals surface area contributed by atoms with E-state index in [0.29, 0.717) is 26.3 Å². The number of rotatable bonds is 8. The van der Waals surface area contributed by atoms with Crippen molar-refractivity contribution in [2.24, 2.45) is 5.92 Å². The van der Waals surface area contributed by atoms with Gasteiger partial charge in [0.05, 0.1) is 25.2 Å². The van der Waals surface area contributed by atoms with E-state index in [4.69, 9.17) is 9.47 Å². The number of aliphatic hydroxyl groups is 1. The van der Waals surface area contributed by atoms with Gasteiger partial charge in [-0.3, -0.25) is 4.79 Å². The first kappa shape index (κ1) is 14.3. The van der Waals surface area contributed by atoms with E-state index in [1.165, 1.54) is 7.11 Å². The number of nitrogens with one attached hydrogen (secondary N) is 1. The van der Waals surface area contributed by atoms with Crippen LogP contribution in [0.3, 0.4) is 0 Å². The van der Waals surface area contributed by atoms with E-state index in [1.54, 1.807) is 13.8 Å². The van der Waals surface area contributed by atoms with Gasteiger partial charge in [-0.2, -0.15) is 0 Å². The van der Waals surface area contributed by atoms with Crippen molar-refractivity contribution in [1.29, 1.82) is 0 Å². The largest absolute Gasteiger partial charge is 0.466 e. The van der Waals surface area contributed by atoms with Crippen molar-refractivity contribution >= 4 is 5.97 Å². The summed E-state index contributed by atoms with van der Waals surface area (Å²) in [6.45, 7) is 5.17. The number of aliphatic hydroxyl groups excluding tert-OH is 1. The molecule has 0 rings (SSSR count). The highest BCUT2D eigenvalue weighted by Gasteiger charge is 2.13. The molecule has 0 heterocycles. The van der Waals surface area contributed by atoms with Gasteiger partial charge in [-0.15, -0.1) is 0 Å². The Morgan fingerprint density at radius 3 is 2.67 bits per heavy atom. The molecule has 0 aromatic rings. The van der Waals surface area contributed by atoms with Crippen molar-refractivity contribution in [3.05, 3.63) is 0 Å². The van der Waals surface area contributed by atoms with Crippen LogP contribution in [0, 0.1) is 5.92 Å². The minimum atomic E-state index is -0.538. The van der Waals surface area contributed by atoms with Gasteiger partial charge in [-0.05, 0) is 6.92 Å². The normalized spacial score (nSPS) is 14.7. The van der Waals surface area contributed by atoms with E-state index in [1.807, 2.05) is 0 Å². The van der Waals surface area contributed by atoms with E-state index in [-0.39, 0.29) is 11.9 Å². The Bertz CT molecular complexity index is 175. The van der Waals surface area contributed by atoms with E-state index in [9.17, 15) is 9.90 Å². The molecule has 0 fully saturated rings. The number of methoxy groups -OCH3 is 1. The molecule has 0 saturated heterocycles. The Kier molecular flexibility index (Phi) is 8.27. The van der Waals surface area contributed by atoms with Crippen molar-refractivity contribution in [2.45, 2.75) is 20.0 Å². The van der Waals surface area contributed by atoms with Crippen LogP contribution in [0.25, 0.3) is 0 Å². The van der Waals surface area contributed by atoms with Gasteiger partial charge in [0.25, 0.3) is 0 Å². The van der Waals surface area contributed by atoms with Gasteiger partial charge in [0.1, 0.15) is 0 Å². The predicted octanol–water partition coefficient (Wildman–Crippen LogP) is -0.217. The third kappa shape index (κ3) is 7.30. The molecule has 5 nitrogen and oxygen atoms in total. The molecular weight excluding hydrogens is 198 g/mol. The fourth-order valence-corrected chi connectivity index (χ4v) is 1.09. The first-order valence-electron chi connectivity index (χ1n) is 5.16. The fourth-order valence-electron chi connectivity index (χ4n) is 1.09. The summed E-state index contributed by atoms with van der Waals surface area (Å²) in [4.78, 5) is 11.2. The lowest BCUT2D eigenvalue weighted by atomic mass is 10.2. The highest BCUT2D eigenvalue weighted by atomic mass is 16.5. The first-order chi connectivity index (χ1) is 7.11. The maximum Gasteiger partial charge on any atom is 0.309 e. The number of hydrogen-bond donors (Lipinski definition) is 2. The molecule has 2 atom stereocenters. The number of ether oxygens (including phenoxy) is 2. The molecule has 0 aliphatic heterocycles. The third-order valence-corrected chi connectivity index (χ3v) is 1.88.